The Morgan fingerprint density at radius 2 is 1.95 bits per heavy atom. The van der Waals surface area contributed by atoms with Crippen LogP contribution in [0.1, 0.15) is 10.4 Å². The Kier molecular flexibility index (Phi) is 6.39. The zero-order chi connectivity index (χ0) is 14.1. The third kappa shape index (κ3) is 4.60. The van der Waals surface area contributed by atoms with Gasteiger partial charge in [-0.3, -0.25) is 4.79 Å². The lowest BCUT2D eigenvalue weighted by Gasteiger charge is -2.20. The monoisotopic (exact) mass is 261 g/mol. The lowest BCUT2D eigenvalue weighted by Crippen LogP contribution is -2.33. The summed E-state index contributed by atoms with van der Waals surface area (Å²) in [5.74, 6) is 0.554. The van der Waals surface area contributed by atoms with Gasteiger partial charge in [-0.2, -0.15) is 0 Å². The van der Waals surface area contributed by atoms with Crippen LogP contribution < -0.4 is 4.74 Å². The smallest absolute Gasteiger partial charge is 0.254 e. The average molecular weight is 261 g/mol. The Hall–Kier alpha value is -2.07. The molecular formula is C15H19NO3. The van der Waals surface area contributed by atoms with Crippen molar-refractivity contribution in [3.63, 3.8) is 0 Å². The molecule has 0 aromatic heterocycles. The molecule has 0 saturated heterocycles. The van der Waals surface area contributed by atoms with Crippen molar-refractivity contribution in [2.24, 2.45) is 0 Å². The first-order chi connectivity index (χ1) is 9.22. The molecule has 0 bridgehead atoms. The summed E-state index contributed by atoms with van der Waals surface area (Å²) >= 11 is 0. The zero-order valence-corrected chi connectivity index (χ0v) is 10.9. The molecule has 0 heterocycles. The molecule has 0 saturated carbocycles. The molecule has 1 aromatic carbocycles. The number of carbonyl (C=O) groups excluding carboxylic acids is 1. The van der Waals surface area contributed by atoms with Gasteiger partial charge in [0.15, 0.2) is 0 Å². The summed E-state index contributed by atoms with van der Waals surface area (Å²) in [6.07, 6.45) is 3.29. The molecule has 0 unspecified atom stereocenters. The molecule has 102 valence electrons. The van der Waals surface area contributed by atoms with E-state index in [0.717, 1.165) is 0 Å². The summed E-state index contributed by atoms with van der Waals surface area (Å²) in [5, 5.41) is 8.94. The SMILES string of the molecule is C=CCOc1ccc(C(=O)N(CC=C)CCO)cc1. The molecule has 0 aliphatic carbocycles. The minimum Gasteiger partial charge on any atom is -0.490 e. The van der Waals surface area contributed by atoms with Crippen molar-refractivity contribution in [2.75, 3.05) is 26.3 Å². The molecule has 0 fully saturated rings. The Bertz CT molecular complexity index is 426. The van der Waals surface area contributed by atoms with Crippen LogP contribution >= 0.6 is 0 Å². The summed E-state index contributed by atoms with van der Waals surface area (Å²) in [4.78, 5) is 13.7. The highest BCUT2D eigenvalue weighted by Crippen LogP contribution is 2.13. The van der Waals surface area contributed by atoms with E-state index in [4.69, 9.17) is 9.84 Å². The molecule has 19 heavy (non-hydrogen) atoms. The van der Waals surface area contributed by atoms with E-state index in [1.807, 2.05) is 0 Å². The summed E-state index contributed by atoms with van der Waals surface area (Å²) < 4.78 is 5.35. The van der Waals surface area contributed by atoms with Crippen molar-refractivity contribution in [3.05, 3.63) is 55.1 Å². The largest absolute Gasteiger partial charge is 0.490 e. The molecule has 0 atom stereocenters. The van der Waals surface area contributed by atoms with Gasteiger partial charge in [-0.1, -0.05) is 18.7 Å². The summed E-state index contributed by atoms with van der Waals surface area (Å²) in [7, 11) is 0. The van der Waals surface area contributed by atoms with Crippen LogP contribution in [0, 0.1) is 0 Å². The van der Waals surface area contributed by atoms with Crippen LogP contribution in [0.15, 0.2) is 49.6 Å². The van der Waals surface area contributed by atoms with Crippen molar-refractivity contribution in [1.29, 1.82) is 0 Å². The normalized spacial score (nSPS) is 9.74. The number of hydrogen-bond donors (Lipinski definition) is 1. The van der Waals surface area contributed by atoms with E-state index < -0.39 is 0 Å². The number of rotatable bonds is 8. The molecule has 1 amide bonds. The van der Waals surface area contributed by atoms with E-state index in [1.165, 1.54) is 4.90 Å². The number of nitrogens with zero attached hydrogens (tertiary/aromatic N) is 1. The van der Waals surface area contributed by atoms with Gasteiger partial charge in [0.1, 0.15) is 12.4 Å². The Morgan fingerprint density at radius 3 is 2.47 bits per heavy atom. The molecule has 1 rings (SSSR count). The molecule has 4 nitrogen and oxygen atoms in total. The van der Waals surface area contributed by atoms with Crippen LogP contribution in [0.2, 0.25) is 0 Å². The van der Waals surface area contributed by atoms with Crippen molar-refractivity contribution < 1.29 is 14.6 Å². The van der Waals surface area contributed by atoms with E-state index in [-0.39, 0.29) is 12.5 Å². The number of hydrogen-bond acceptors (Lipinski definition) is 3. The zero-order valence-electron chi connectivity index (χ0n) is 10.9. The summed E-state index contributed by atoms with van der Waals surface area (Å²) in [6, 6.07) is 6.88. The van der Waals surface area contributed by atoms with E-state index in [2.05, 4.69) is 13.2 Å². The number of benzene rings is 1. The van der Waals surface area contributed by atoms with Crippen molar-refractivity contribution in [3.8, 4) is 5.75 Å². The highest BCUT2D eigenvalue weighted by molar-refractivity contribution is 5.94. The molecule has 4 heteroatoms. The molecule has 0 aliphatic heterocycles. The fraction of sp³-hybridized carbons (Fsp3) is 0.267. The van der Waals surface area contributed by atoms with E-state index >= 15 is 0 Å². The highest BCUT2D eigenvalue weighted by Gasteiger charge is 2.13. The Balaban J connectivity index is 2.74. The predicted octanol–water partition coefficient (Wildman–Crippen LogP) is 1.87. The maximum atomic E-state index is 12.2. The van der Waals surface area contributed by atoms with Gasteiger partial charge in [0, 0.05) is 18.7 Å². The Morgan fingerprint density at radius 1 is 1.26 bits per heavy atom. The van der Waals surface area contributed by atoms with E-state index in [9.17, 15) is 4.79 Å². The van der Waals surface area contributed by atoms with Gasteiger partial charge in [0.05, 0.1) is 6.61 Å². The van der Waals surface area contributed by atoms with E-state index in [0.29, 0.717) is 31.0 Å². The van der Waals surface area contributed by atoms with Crippen molar-refractivity contribution in [2.45, 2.75) is 0 Å². The molecule has 0 aliphatic rings. The number of aliphatic hydroxyl groups is 1. The second-order valence-corrected chi connectivity index (χ2v) is 3.89. The van der Waals surface area contributed by atoms with Gasteiger partial charge < -0.3 is 14.7 Å². The lowest BCUT2D eigenvalue weighted by molar-refractivity contribution is 0.0743. The fourth-order valence-corrected chi connectivity index (χ4v) is 1.58. The third-order valence-electron chi connectivity index (χ3n) is 2.48. The van der Waals surface area contributed by atoms with Crippen LogP contribution in [0.4, 0.5) is 0 Å². The molecular weight excluding hydrogens is 242 g/mol. The average Bonchev–Trinajstić information content (AvgIpc) is 2.44. The molecule has 0 spiro atoms. The summed E-state index contributed by atoms with van der Waals surface area (Å²) in [6.45, 7) is 8.23. The van der Waals surface area contributed by atoms with Crippen molar-refractivity contribution in [1.82, 2.24) is 4.90 Å². The van der Waals surface area contributed by atoms with E-state index in [1.54, 1.807) is 36.4 Å². The molecule has 1 N–H and O–H groups in total. The third-order valence-corrected chi connectivity index (χ3v) is 2.48. The predicted molar refractivity (Wildman–Crippen MR) is 75.3 cm³/mol. The maximum Gasteiger partial charge on any atom is 0.254 e. The standard InChI is InChI=1S/C15H19NO3/c1-3-9-16(10-11-17)15(18)13-5-7-14(8-6-13)19-12-4-2/h3-8,17H,1-2,9-12H2. The first kappa shape index (κ1) is 15.0. The van der Waals surface area contributed by atoms with Gasteiger partial charge >= 0.3 is 0 Å². The fourth-order valence-electron chi connectivity index (χ4n) is 1.58. The second-order valence-electron chi connectivity index (χ2n) is 3.89. The summed E-state index contributed by atoms with van der Waals surface area (Å²) in [5.41, 5.74) is 0.557. The minimum absolute atomic E-state index is 0.0693. The van der Waals surface area contributed by atoms with Gasteiger partial charge in [0.2, 0.25) is 0 Å². The highest BCUT2D eigenvalue weighted by atomic mass is 16.5. The van der Waals surface area contributed by atoms with Crippen LogP contribution in [0.25, 0.3) is 0 Å². The van der Waals surface area contributed by atoms with Crippen molar-refractivity contribution >= 4 is 5.91 Å². The lowest BCUT2D eigenvalue weighted by atomic mass is 10.2. The van der Waals surface area contributed by atoms with Gasteiger partial charge in [-0.15, -0.1) is 6.58 Å². The van der Waals surface area contributed by atoms with Crippen LogP contribution in [0.5, 0.6) is 5.75 Å². The maximum absolute atomic E-state index is 12.2. The molecule has 1 aromatic rings. The number of amides is 1. The number of aliphatic hydroxyl groups excluding tert-OH is 1. The topological polar surface area (TPSA) is 49.8 Å². The van der Waals surface area contributed by atoms with Crippen LogP contribution in [0.3, 0.4) is 0 Å². The minimum atomic E-state index is -0.135. The quantitative estimate of drug-likeness (QED) is 0.727. The van der Waals surface area contributed by atoms with Crippen LogP contribution in [-0.4, -0.2) is 42.2 Å². The second kappa shape index (κ2) is 8.11. The number of carbonyl (C=O) groups is 1. The van der Waals surface area contributed by atoms with Crippen LogP contribution in [-0.2, 0) is 0 Å². The number of ether oxygens (including phenoxy) is 1. The van der Waals surface area contributed by atoms with Gasteiger partial charge in [0.25, 0.3) is 5.91 Å². The first-order valence-electron chi connectivity index (χ1n) is 6.07. The van der Waals surface area contributed by atoms with Gasteiger partial charge in [-0.25, -0.2) is 0 Å². The molecule has 0 radical (unpaired) electrons. The first-order valence-corrected chi connectivity index (χ1v) is 6.07. The van der Waals surface area contributed by atoms with Gasteiger partial charge in [-0.05, 0) is 24.3 Å². The Labute approximate surface area is 113 Å².